The van der Waals surface area contributed by atoms with Crippen LogP contribution in [0.1, 0.15) is 22.8 Å². The molecule has 6 nitrogen and oxygen atoms in total. The minimum Gasteiger partial charge on any atom is -0.449 e. The van der Waals surface area contributed by atoms with Crippen LogP contribution >= 0.6 is 0 Å². The Morgan fingerprint density at radius 3 is 2.76 bits per heavy atom. The van der Waals surface area contributed by atoms with Crippen molar-refractivity contribution >= 4 is 22.8 Å². The zero-order valence-electron chi connectivity index (χ0n) is 13.5. The van der Waals surface area contributed by atoms with Gasteiger partial charge in [0.05, 0.1) is 17.3 Å². The van der Waals surface area contributed by atoms with Crippen molar-refractivity contribution in [3.05, 3.63) is 65.6 Å². The number of hydrogen-bond donors (Lipinski definition) is 2. The summed E-state index contributed by atoms with van der Waals surface area (Å²) < 4.78 is 18.0. The van der Waals surface area contributed by atoms with Crippen LogP contribution in [0.15, 0.2) is 48.7 Å². The molecule has 0 radical (unpaired) electrons. The number of H-pyrrole nitrogens is 1. The van der Waals surface area contributed by atoms with Crippen molar-refractivity contribution in [2.45, 2.75) is 19.6 Å². The van der Waals surface area contributed by atoms with E-state index in [9.17, 15) is 14.0 Å². The number of carbonyl (C=O) groups is 2. The van der Waals surface area contributed by atoms with Crippen LogP contribution in [0, 0.1) is 5.82 Å². The van der Waals surface area contributed by atoms with Crippen molar-refractivity contribution in [2.24, 2.45) is 0 Å². The lowest BCUT2D eigenvalue weighted by atomic mass is 10.2. The Hall–Kier alpha value is -3.22. The fraction of sp³-hybridized carbons (Fsp3) is 0.167. The minimum absolute atomic E-state index is 0.223. The van der Waals surface area contributed by atoms with Crippen LogP contribution in [0.2, 0.25) is 0 Å². The Kier molecular flexibility index (Phi) is 4.74. The van der Waals surface area contributed by atoms with Crippen molar-refractivity contribution in [2.75, 3.05) is 0 Å². The number of halogens is 1. The van der Waals surface area contributed by atoms with Crippen LogP contribution in [-0.4, -0.2) is 28.2 Å². The van der Waals surface area contributed by atoms with Crippen molar-refractivity contribution in [1.29, 1.82) is 0 Å². The van der Waals surface area contributed by atoms with E-state index in [1.54, 1.807) is 36.5 Å². The Morgan fingerprint density at radius 1 is 1.24 bits per heavy atom. The number of benzene rings is 2. The number of carbonyl (C=O) groups excluding carboxylic acids is 2. The first-order valence-corrected chi connectivity index (χ1v) is 7.69. The first-order chi connectivity index (χ1) is 12.0. The third kappa shape index (κ3) is 4.00. The number of ether oxygens (including phenoxy) is 1. The van der Waals surface area contributed by atoms with E-state index in [1.807, 2.05) is 0 Å². The summed E-state index contributed by atoms with van der Waals surface area (Å²) in [6, 6.07) is 10.8. The highest BCUT2D eigenvalue weighted by Gasteiger charge is 2.19. The number of fused-ring (bicyclic) bond motifs is 1. The average Bonchev–Trinajstić information content (AvgIpc) is 3.08. The van der Waals surface area contributed by atoms with Crippen molar-refractivity contribution in [3.8, 4) is 0 Å². The van der Waals surface area contributed by atoms with E-state index in [4.69, 9.17) is 4.74 Å². The molecule has 0 bridgehead atoms. The Balaban J connectivity index is 1.56. The van der Waals surface area contributed by atoms with Crippen molar-refractivity contribution in [3.63, 3.8) is 0 Å². The number of amides is 1. The molecule has 1 amide bonds. The third-order valence-electron chi connectivity index (χ3n) is 3.71. The molecule has 3 aromatic rings. The molecule has 0 fully saturated rings. The zero-order chi connectivity index (χ0) is 17.8. The molecule has 0 saturated carbocycles. The maximum atomic E-state index is 12.8. The van der Waals surface area contributed by atoms with Crippen LogP contribution in [0.4, 0.5) is 4.39 Å². The van der Waals surface area contributed by atoms with E-state index in [-0.39, 0.29) is 12.4 Å². The van der Waals surface area contributed by atoms with E-state index in [0.29, 0.717) is 11.1 Å². The SMILES string of the molecule is CC(OC(=O)c1ccc2cn[nH]c2c1)C(=O)NCc1ccc(F)cc1. The number of nitrogens with zero attached hydrogens (tertiary/aromatic N) is 1. The number of rotatable bonds is 5. The largest absolute Gasteiger partial charge is 0.449 e. The van der Waals surface area contributed by atoms with Crippen LogP contribution in [0.5, 0.6) is 0 Å². The number of esters is 1. The first kappa shape index (κ1) is 16.6. The molecule has 1 atom stereocenters. The summed E-state index contributed by atoms with van der Waals surface area (Å²) in [5.74, 6) is -1.37. The molecule has 1 unspecified atom stereocenters. The molecule has 0 aliphatic rings. The van der Waals surface area contributed by atoms with Gasteiger partial charge in [-0.25, -0.2) is 9.18 Å². The van der Waals surface area contributed by atoms with Gasteiger partial charge in [-0.1, -0.05) is 18.2 Å². The van der Waals surface area contributed by atoms with Gasteiger partial charge in [-0.2, -0.15) is 5.10 Å². The predicted octanol–water partition coefficient (Wildman–Crippen LogP) is 2.56. The highest BCUT2D eigenvalue weighted by atomic mass is 19.1. The number of aromatic nitrogens is 2. The molecule has 1 aromatic heterocycles. The molecular formula is C18H16FN3O3. The molecule has 2 aromatic carbocycles. The highest BCUT2D eigenvalue weighted by molar-refractivity contribution is 5.95. The van der Waals surface area contributed by atoms with Crippen LogP contribution in [-0.2, 0) is 16.1 Å². The van der Waals surface area contributed by atoms with E-state index in [0.717, 1.165) is 10.9 Å². The van der Waals surface area contributed by atoms with Crippen LogP contribution in [0.25, 0.3) is 10.9 Å². The third-order valence-corrected chi connectivity index (χ3v) is 3.71. The molecule has 1 heterocycles. The van der Waals surface area contributed by atoms with Crippen LogP contribution < -0.4 is 5.32 Å². The van der Waals surface area contributed by atoms with Gasteiger partial charge in [-0.15, -0.1) is 0 Å². The molecule has 0 aliphatic heterocycles. The predicted molar refractivity (Wildman–Crippen MR) is 89.2 cm³/mol. The second-order valence-corrected chi connectivity index (χ2v) is 5.56. The maximum absolute atomic E-state index is 12.8. The number of nitrogens with one attached hydrogen (secondary N) is 2. The lowest BCUT2D eigenvalue weighted by molar-refractivity contribution is -0.129. The molecule has 25 heavy (non-hydrogen) atoms. The van der Waals surface area contributed by atoms with Gasteiger partial charge in [0.25, 0.3) is 5.91 Å². The Bertz CT molecular complexity index is 905. The monoisotopic (exact) mass is 341 g/mol. The second kappa shape index (κ2) is 7.12. The molecule has 128 valence electrons. The summed E-state index contributed by atoms with van der Waals surface area (Å²) in [5, 5.41) is 10.2. The van der Waals surface area contributed by atoms with Crippen LogP contribution in [0.3, 0.4) is 0 Å². The smallest absolute Gasteiger partial charge is 0.338 e. The fourth-order valence-corrected chi connectivity index (χ4v) is 2.28. The molecule has 7 heteroatoms. The fourth-order valence-electron chi connectivity index (χ4n) is 2.28. The van der Waals surface area contributed by atoms with E-state index in [2.05, 4.69) is 15.5 Å². The van der Waals surface area contributed by atoms with Gasteiger partial charge in [0.15, 0.2) is 6.10 Å². The van der Waals surface area contributed by atoms with Crippen molar-refractivity contribution < 1.29 is 18.7 Å². The lowest BCUT2D eigenvalue weighted by Gasteiger charge is -2.13. The van der Waals surface area contributed by atoms with E-state index >= 15 is 0 Å². The Labute approximate surface area is 143 Å². The highest BCUT2D eigenvalue weighted by Crippen LogP contribution is 2.14. The Morgan fingerprint density at radius 2 is 2.00 bits per heavy atom. The van der Waals surface area contributed by atoms with E-state index in [1.165, 1.54) is 19.1 Å². The normalized spacial score (nSPS) is 11.9. The summed E-state index contributed by atoms with van der Waals surface area (Å²) in [6.07, 6.45) is 0.695. The second-order valence-electron chi connectivity index (χ2n) is 5.56. The molecule has 0 aliphatic carbocycles. The van der Waals surface area contributed by atoms with Gasteiger partial charge in [-0.3, -0.25) is 9.89 Å². The van der Waals surface area contributed by atoms with Gasteiger partial charge in [0.2, 0.25) is 0 Å². The summed E-state index contributed by atoms with van der Waals surface area (Å²) in [7, 11) is 0. The number of aromatic amines is 1. The molecule has 0 spiro atoms. The summed E-state index contributed by atoms with van der Waals surface area (Å²) in [5.41, 5.74) is 1.79. The van der Waals surface area contributed by atoms with Gasteiger partial charge < -0.3 is 10.1 Å². The van der Waals surface area contributed by atoms with Gasteiger partial charge in [0, 0.05) is 11.9 Å². The summed E-state index contributed by atoms with van der Waals surface area (Å²) in [6.45, 7) is 1.72. The lowest BCUT2D eigenvalue weighted by Crippen LogP contribution is -2.35. The van der Waals surface area contributed by atoms with Crippen molar-refractivity contribution in [1.82, 2.24) is 15.5 Å². The summed E-state index contributed by atoms with van der Waals surface area (Å²) in [4.78, 5) is 24.2. The maximum Gasteiger partial charge on any atom is 0.338 e. The molecular weight excluding hydrogens is 325 g/mol. The minimum atomic E-state index is -0.953. The van der Waals surface area contributed by atoms with E-state index < -0.39 is 18.0 Å². The quantitative estimate of drug-likeness (QED) is 0.699. The first-order valence-electron chi connectivity index (χ1n) is 7.69. The summed E-state index contributed by atoms with van der Waals surface area (Å²) >= 11 is 0. The topological polar surface area (TPSA) is 84.1 Å². The average molecular weight is 341 g/mol. The number of hydrogen-bond acceptors (Lipinski definition) is 4. The van der Waals surface area contributed by atoms with Gasteiger partial charge >= 0.3 is 5.97 Å². The molecule has 0 saturated heterocycles. The van der Waals surface area contributed by atoms with Gasteiger partial charge in [-0.05, 0) is 36.8 Å². The van der Waals surface area contributed by atoms with Gasteiger partial charge in [0.1, 0.15) is 5.82 Å². The zero-order valence-corrected chi connectivity index (χ0v) is 13.5. The molecule has 3 rings (SSSR count). The standard InChI is InChI=1S/C18H16FN3O3/c1-11(17(23)20-9-12-2-6-15(19)7-3-12)25-18(24)13-4-5-14-10-21-22-16(14)8-13/h2-8,10-11H,9H2,1H3,(H,20,23)(H,21,22). The molecule has 2 N–H and O–H groups in total.